The van der Waals surface area contributed by atoms with Gasteiger partial charge in [0.15, 0.2) is 0 Å². The van der Waals surface area contributed by atoms with Crippen molar-refractivity contribution in [2.45, 2.75) is 102 Å². The van der Waals surface area contributed by atoms with Crippen molar-refractivity contribution in [2.75, 3.05) is 39.3 Å². The van der Waals surface area contributed by atoms with Crippen molar-refractivity contribution in [3.8, 4) is 0 Å². The first-order valence-electron chi connectivity index (χ1n) is 13.9. The minimum absolute atomic E-state index is 0.00767. The molecule has 0 saturated heterocycles. The molecule has 33 heavy (non-hydrogen) atoms. The van der Waals surface area contributed by atoms with E-state index >= 15 is 0 Å². The average Bonchev–Trinajstić information content (AvgIpc) is 2.85. The van der Waals surface area contributed by atoms with Gasteiger partial charge in [-0.1, -0.05) is 51.4 Å². The van der Waals surface area contributed by atoms with Crippen LogP contribution < -0.4 is 27.0 Å². The third kappa shape index (κ3) is 12.7. The molecule has 7 heteroatoms. The number of hydrogen-bond acceptors (Lipinski definition) is 5. The second-order valence-corrected chi connectivity index (χ2v) is 10.1. The lowest BCUT2D eigenvalue weighted by Crippen LogP contribution is -2.50. The van der Waals surface area contributed by atoms with Crippen LogP contribution in [0.2, 0.25) is 0 Å². The van der Waals surface area contributed by atoms with Crippen molar-refractivity contribution in [3.63, 3.8) is 0 Å². The first-order chi connectivity index (χ1) is 16.2. The van der Waals surface area contributed by atoms with Gasteiger partial charge in [0.1, 0.15) is 6.04 Å². The Labute approximate surface area is 202 Å². The molecule has 2 fully saturated rings. The summed E-state index contributed by atoms with van der Waals surface area (Å²) in [5.41, 5.74) is 5.48. The number of rotatable bonds is 17. The predicted molar refractivity (Wildman–Crippen MR) is 136 cm³/mol. The zero-order valence-corrected chi connectivity index (χ0v) is 21.0. The lowest BCUT2D eigenvalue weighted by atomic mass is 9.84. The molecule has 2 aliphatic rings. The average molecular weight is 466 g/mol. The monoisotopic (exact) mass is 465 g/mol. The van der Waals surface area contributed by atoms with Gasteiger partial charge in [-0.05, 0) is 83.6 Å². The molecule has 0 radical (unpaired) electrons. The highest BCUT2D eigenvalue weighted by Crippen LogP contribution is 2.28. The fraction of sp³-hybridized carbons (Fsp3) is 0.923. The minimum Gasteiger partial charge on any atom is -0.354 e. The van der Waals surface area contributed by atoms with Gasteiger partial charge in [0.25, 0.3) is 0 Å². The van der Waals surface area contributed by atoms with Gasteiger partial charge in [0.2, 0.25) is 11.8 Å². The molecule has 2 saturated carbocycles. The van der Waals surface area contributed by atoms with Crippen LogP contribution >= 0.6 is 0 Å². The molecular formula is C26H51N5O2. The van der Waals surface area contributed by atoms with Crippen LogP contribution in [-0.2, 0) is 9.59 Å². The number of nitrogens with one attached hydrogen (secondary N) is 4. The van der Waals surface area contributed by atoms with E-state index in [-0.39, 0.29) is 23.8 Å². The second-order valence-electron chi connectivity index (χ2n) is 10.1. The molecule has 0 aromatic rings. The third-order valence-corrected chi connectivity index (χ3v) is 7.25. The highest BCUT2D eigenvalue weighted by Gasteiger charge is 2.29. The molecule has 2 rings (SSSR count). The van der Waals surface area contributed by atoms with E-state index in [2.05, 4.69) is 21.3 Å². The summed E-state index contributed by atoms with van der Waals surface area (Å²) in [6, 6.07) is -0.373. The summed E-state index contributed by atoms with van der Waals surface area (Å²) in [6.45, 7) is 5.38. The first kappa shape index (κ1) is 28.1. The van der Waals surface area contributed by atoms with Crippen LogP contribution in [0.4, 0.5) is 0 Å². The van der Waals surface area contributed by atoms with Gasteiger partial charge in [-0.25, -0.2) is 0 Å². The number of carbonyl (C=O) groups excluding carboxylic acids is 2. The quantitative estimate of drug-likeness (QED) is 0.212. The summed E-state index contributed by atoms with van der Waals surface area (Å²) < 4.78 is 0. The minimum atomic E-state index is -0.373. The van der Waals surface area contributed by atoms with Crippen LogP contribution in [0.1, 0.15) is 96.3 Å². The van der Waals surface area contributed by atoms with Crippen LogP contribution in [0.25, 0.3) is 0 Å². The number of hydrogen-bond donors (Lipinski definition) is 5. The Balaban J connectivity index is 1.62. The number of amides is 2. The fourth-order valence-corrected chi connectivity index (χ4v) is 5.17. The first-order valence-corrected chi connectivity index (χ1v) is 13.9. The summed E-state index contributed by atoms with van der Waals surface area (Å²) in [5.74, 6) is 0.770. The van der Waals surface area contributed by atoms with E-state index in [0.717, 1.165) is 90.5 Å². The molecule has 0 heterocycles. The molecule has 0 aliphatic heterocycles. The van der Waals surface area contributed by atoms with Gasteiger partial charge in [-0.3, -0.25) is 9.59 Å². The number of nitrogens with two attached hydrogens (primary N) is 1. The summed E-state index contributed by atoms with van der Waals surface area (Å²) in [7, 11) is 0. The molecule has 0 aromatic carbocycles. The fourth-order valence-electron chi connectivity index (χ4n) is 5.17. The second kappa shape index (κ2) is 18.2. The predicted octanol–water partition coefficient (Wildman–Crippen LogP) is 2.84. The molecule has 0 aromatic heterocycles. The van der Waals surface area contributed by atoms with E-state index in [0.29, 0.717) is 12.5 Å². The normalized spacial score (nSPS) is 18.7. The van der Waals surface area contributed by atoms with E-state index in [1.165, 1.54) is 38.5 Å². The molecule has 192 valence electrons. The SMILES string of the molecule is NCCCNCCCCNCCCNC(=O)[C@H](CC1CCCCC1)NC(=O)C1CCCCC1. The van der Waals surface area contributed by atoms with Crippen LogP contribution in [0.5, 0.6) is 0 Å². The third-order valence-electron chi connectivity index (χ3n) is 7.25. The highest BCUT2D eigenvalue weighted by atomic mass is 16.2. The molecular weight excluding hydrogens is 414 g/mol. The van der Waals surface area contributed by atoms with Gasteiger partial charge in [-0.2, -0.15) is 0 Å². The van der Waals surface area contributed by atoms with Gasteiger partial charge >= 0.3 is 0 Å². The smallest absolute Gasteiger partial charge is 0.242 e. The molecule has 7 nitrogen and oxygen atoms in total. The van der Waals surface area contributed by atoms with E-state index < -0.39 is 0 Å². The lowest BCUT2D eigenvalue weighted by Gasteiger charge is -2.28. The Hall–Kier alpha value is -1.18. The maximum atomic E-state index is 13.0. The maximum Gasteiger partial charge on any atom is 0.242 e. The van der Waals surface area contributed by atoms with E-state index in [1.54, 1.807) is 0 Å². The Morgan fingerprint density at radius 3 is 1.94 bits per heavy atom. The summed E-state index contributed by atoms with van der Waals surface area (Å²) >= 11 is 0. The van der Waals surface area contributed by atoms with Crippen molar-refractivity contribution in [1.82, 2.24) is 21.3 Å². The molecule has 6 N–H and O–H groups in total. The highest BCUT2D eigenvalue weighted by molar-refractivity contribution is 5.88. The number of unbranched alkanes of at least 4 members (excludes halogenated alkanes) is 1. The van der Waals surface area contributed by atoms with Crippen LogP contribution in [0.3, 0.4) is 0 Å². The van der Waals surface area contributed by atoms with Crippen molar-refractivity contribution < 1.29 is 9.59 Å². The van der Waals surface area contributed by atoms with Crippen molar-refractivity contribution in [1.29, 1.82) is 0 Å². The summed E-state index contributed by atoms with van der Waals surface area (Å²) in [4.78, 5) is 25.8. The molecule has 2 amide bonds. The van der Waals surface area contributed by atoms with E-state index in [9.17, 15) is 9.59 Å². The Kier molecular flexibility index (Phi) is 15.5. The van der Waals surface area contributed by atoms with Crippen LogP contribution in [0.15, 0.2) is 0 Å². The van der Waals surface area contributed by atoms with Crippen molar-refractivity contribution in [3.05, 3.63) is 0 Å². The number of carbonyl (C=O) groups is 2. The summed E-state index contributed by atoms with van der Waals surface area (Å²) in [6.07, 6.45) is 16.7. The summed E-state index contributed by atoms with van der Waals surface area (Å²) in [5, 5.41) is 13.1. The lowest BCUT2D eigenvalue weighted by molar-refractivity contribution is -0.132. The zero-order valence-electron chi connectivity index (χ0n) is 21.0. The largest absolute Gasteiger partial charge is 0.354 e. The van der Waals surface area contributed by atoms with Crippen LogP contribution in [0, 0.1) is 11.8 Å². The van der Waals surface area contributed by atoms with Gasteiger partial charge in [-0.15, -0.1) is 0 Å². The Morgan fingerprint density at radius 2 is 1.30 bits per heavy atom. The van der Waals surface area contributed by atoms with Crippen molar-refractivity contribution in [2.24, 2.45) is 17.6 Å². The van der Waals surface area contributed by atoms with Gasteiger partial charge in [0.05, 0.1) is 0 Å². The topological polar surface area (TPSA) is 108 Å². The molecule has 0 bridgehead atoms. The van der Waals surface area contributed by atoms with Crippen molar-refractivity contribution >= 4 is 11.8 Å². The van der Waals surface area contributed by atoms with Gasteiger partial charge < -0.3 is 27.0 Å². The standard InChI is InChI=1S/C26H51N5O2/c27-15-9-18-28-16-7-8-17-29-19-10-20-30-26(33)24(21-22-11-3-1-4-12-22)31-25(32)23-13-5-2-6-14-23/h22-24,28-29H,1-21,27H2,(H,30,33)(H,31,32)/t24-/m0/s1. The Bertz CT molecular complexity index is 519. The van der Waals surface area contributed by atoms with E-state index in [1.807, 2.05) is 0 Å². The maximum absolute atomic E-state index is 13.0. The molecule has 0 unspecified atom stereocenters. The molecule has 0 spiro atoms. The Morgan fingerprint density at radius 1 is 0.727 bits per heavy atom. The molecule has 2 aliphatic carbocycles. The zero-order chi connectivity index (χ0) is 23.6. The molecule has 1 atom stereocenters. The van der Waals surface area contributed by atoms with Gasteiger partial charge in [0, 0.05) is 12.5 Å². The van der Waals surface area contributed by atoms with E-state index in [4.69, 9.17) is 5.73 Å². The van der Waals surface area contributed by atoms with Crippen LogP contribution in [-0.4, -0.2) is 57.1 Å².